The molecule has 4 aliphatic heterocycles. The Morgan fingerprint density at radius 2 is 2.08 bits per heavy atom. The lowest BCUT2D eigenvalue weighted by Gasteiger charge is -2.38. The number of imidazole rings is 1. The Balaban J connectivity index is 1.15. The lowest BCUT2D eigenvalue weighted by molar-refractivity contribution is -0.122. The number of fused-ring (bicyclic) bond motifs is 6. The predicted octanol–water partition coefficient (Wildman–Crippen LogP) is 3.42. The number of aromatic nitrogens is 3. The molecule has 9 nitrogen and oxygen atoms in total. The lowest BCUT2D eigenvalue weighted by Crippen LogP contribution is -2.51. The van der Waals surface area contributed by atoms with Gasteiger partial charge in [0.1, 0.15) is 5.82 Å². The van der Waals surface area contributed by atoms with Crippen LogP contribution in [-0.2, 0) is 36.1 Å². The minimum absolute atomic E-state index is 0.0153. The minimum atomic E-state index is -0.604. The Labute approximate surface area is 221 Å². The van der Waals surface area contributed by atoms with E-state index in [0.717, 1.165) is 42.3 Å². The molecule has 4 aliphatic rings. The number of pyridine rings is 1. The van der Waals surface area contributed by atoms with Crippen LogP contribution >= 0.6 is 0 Å². The standard InChI is InChI=1S/C29H31N7O2/c1-3-19-12-32-26-25(11-18-10-17(2)20-13-31-14-21(20)22(18)16-36(19)26)34-28(38)35-8-5-29(6-9-35)23-15-30-7-4-24(23)33-27(29)37/h4,7,10,12,14-15,25H,3,5-6,8-9,11,13,16H2,1-2H3,(H,33,37)(H,34,38)/t25-/m1/s1. The summed E-state index contributed by atoms with van der Waals surface area (Å²) in [7, 11) is 0. The number of anilines is 1. The summed E-state index contributed by atoms with van der Waals surface area (Å²) < 4.78 is 2.27. The monoisotopic (exact) mass is 509 g/mol. The normalized spacial score (nSPS) is 20.4. The third-order valence-corrected chi connectivity index (χ3v) is 8.98. The number of nitrogens with zero attached hydrogens (tertiary/aromatic N) is 5. The first-order valence-electron chi connectivity index (χ1n) is 13.5. The fourth-order valence-electron chi connectivity index (χ4n) is 6.80. The maximum absolute atomic E-state index is 13.6. The molecule has 1 aromatic carbocycles. The van der Waals surface area contributed by atoms with Crippen LogP contribution in [0.2, 0.25) is 0 Å². The number of aryl methyl sites for hydroxylation is 2. The van der Waals surface area contributed by atoms with E-state index in [0.29, 0.717) is 32.4 Å². The van der Waals surface area contributed by atoms with Gasteiger partial charge < -0.3 is 20.1 Å². The fraction of sp³-hybridized carbons (Fsp3) is 0.414. The number of urea groups is 1. The summed E-state index contributed by atoms with van der Waals surface area (Å²) >= 11 is 0. The Morgan fingerprint density at radius 3 is 2.89 bits per heavy atom. The summed E-state index contributed by atoms with van der Waals surface area (Å²) in [5, 5.41) is 6.32. The molecule has 0 bridgehead atoms. The van der Waals surface area contributed by atoms with Crippen LogP contribution in [0.5, 0.6) is 0 Å². The highest BCUT2D eigenvalue weighted by atomic mass is 16.2. The Morgan fingerprint density at radius 1 is 1.24 bits per heavy atom. The SMILES string of the molecule is CCc1cnc2n1Cc1c(cc(C)c3c1C=NC3)C[C@H]2NC(=O)N1CCC2(CC1)C(=O)Nc1ccncc12. The minimum Gasteiger partial charge on any atom is -0.328 e. The van der Waals surface area contributed by atoms with Gasteiger partial charge in [-0.2, -0.15) is 0 Å². The number of amides is 3. The zero-order valence-electron chi connectivity index (χ0n) is 21.8. The van der Waals surface area contributed by atoms with Gasteiger partial charge in [-0.3, -0.25) is 14.8 Å². The van der Waals surface area contributed by atoms with Crippen LogP contribution in [0.4, 0.5) is 10.5 Å². The van der Waals surface area contributed by atoms with Crippen molar-refractivity contribution in [3.05, 3.63) is 75.6 Å². The number of hydrogen-bond donors (Lipinski definition) is 2. The number of hydrogen-bond acceptors (Lipinski definition) is 5. The van der Waals surface area contributed by atoms with E-state index in [4.69, 9.17) is 4.98 Å². The highest BCUT2D eigenvalue weighted by Gasteiger charge is 2.49. The molecule has 2 N–H and O–H groups in total. The summed E-state index contributed by atoms with van der Waals surface area (Å²) in [4.78, 5) is 42.0. The summed E-state index contributed by atoms with van der Waals surface area (Å²) in [6.45, 7) is 6.79. The molecular weight excluding hydrogens is 478 g/mol. The molecule has 0 aliphatic carbocycles. The maximum atomic E-state index is 13.6. The molecule has 6 heterocycles. The Bertz CT molecular complexity index is 1510. The van der Waals surface area contributed by atoms with Crippen LogP contribution < -0.4 is 10.6 Å². The molecule has 1 atom stereocenters. The first-order chi connectivity index (χ1) is 18.5. The number of aliphatic imine (C=N–C) groups is 1. The third-order valence-electron chi connectivity index (χ3n) is 8.98. The van der Waals surface area contributed by atoms with Gasteiger partial charge in [-0.25, -0.2) is 9.78 Å². The van der Waals surface area contributed by atoms with E-state index in [2.05, 4.69) is 45.1 Å². The maximum Gasteiger partial charge on any atom is 0.317 e. The third kappa shape index (κ3) is 3.33. The van der Waals surface area contributed by atoms with Crippen molar-refractivity contribution in [2.24, 2.45) is 4.99 Å². The molecule has 3 aromatic rings. The topological polar surface area (TPSA) is 105 Å². The molecule has 2 aromatic heterocycles. The smallest absolute Gasteiger partial charge is 0.317 e. The summed E-state index contributed by atoms with van der Waals surface area (Å²) in [5.74, 6) is 0.915. The van der Waals surface area contributed by atoms with Gasteiger partial charge in [0.25, 0.3) is 0 Å². The van der Waals surface area contributed by atoms with Gasteiger partial charge in [0.2, 0.25) is 5.91 Å². The average Bonchev–Trinajstić information content (AvgIpc) is 3.61. The van der Waals surface area contributed by atoms with Crippen molar-refractivity contribution in [1.29, 1.82) is 0 Å². The first-order valence-corrected chi connectivity index (χ1v) is 13.5. The van der Waals surface area contributed by atoms with Gasteiger partial charge >= 0.3 is 6.03 Å². The number of nitrogens with one attached hydrogen (secondary N) is 2. The molecule has 194 valence electrons. The molecule has 0 radical (unpaired) electrons. The molecule has 1 fully saturated rings. The van der Waals surface area contributed by atoms with Crippen LogP contribution in [0.25, 0.3) is 0 Å². The van der Waals surface area contributed by atoms with E-state index in [1.165, 1.54) is 27.8 Å². The first kappa shape index (κ1) is 23.1. The zero-order chi connectivity index (χ0) is 26.0. The van der Waals surface area contributed by atoms with E-state index in [1.54, 1.807) is 12.4 Å². The number of likely N-dealkylation sites (tertiary alicyclic amines) is 1. The van der Waals surface area contributed by atoms with Crippen molar-refractivity contribution < 1.29 is 9.59 Å². The van der Waals surface area contributed by atoms with Crippen molar-refractivity contribution in [2.75, 3.05) is 18.4 Å². The molecule has 9 heteroatoms. The molecule has 0 saturated carbocycles. The quantitative estimate of drug-likeness (QED) is 0.552. The van der Waals surface area contributed by atoms with Crippen LogP contribution in [0.15, 0.2) is 35.7 Å². The van der Waals surface area contributed by atoms with Crippen molar-refractivity contribution in [3.63, 3.8) is 0 Å². The second-order valence-corrected chi connectivity index (χ2v) is 10.9. The molecule has 38 heavy (non-hydrogen) atoms. The number of piperidine rings is 1. The molecule has 7 rings (SSSR count). The van der Waals surface area contributed by atoms with Gasteiger partial charge in [-0.05, 0) is 54.5 Å². The van der Waals surface area contributed by atoms with E-state index in [1.807, 2.05) is 23.4 Å². The van der Waals surface area contributed by atoms with Crippen molar-refractivity contribution in [2.45, 2.75) is 64.1 Å². The summed E-state index contributed by atoms with van der Waals surface area (Å²) in [6.07, 6.45) is 10.2. The van der Waals surface area contributed by atoms with Gasteiger partial charge in [-0.1, -0.05) is 13.0 Å². The second kappa shape index (κ2) is 8.51. The van der Waals surface area contributed by atoms with Crippen molar-refractivity contribution >= 4 is 23.8 Å². The largest absolute Gasteiger partial charge is 0.328 e. The Kier molecular flexibility index (Phi) is 5.18. The molecule has 3 amide bonds. The number of carbonyl (C=O) groups excluding carboxylic acids is 2. The van der Waals surface area contributed by atoms with Crippen molar-refractivity contribution in [3.8, 4) is 0 Å². The van der Waals surface area contributed by atoms with Crippen LogP contribution in [0.1, 0.15) is 70.7 Å². The predicted molar refractivity (Wildman–Crippen MR) is 144 cm³/mol. The van der Waals surface area contributed by atoms with Gasteiger partial charge in [0, 0.05) is 66.8 Å². The molecule has 1 saturated heterocycles. The molecule has 1 spiro atoms. The number of benzene rings is 1. The van der Waals surface area contributed by atoms with Gasteiger partial charge in [0.05, 0.1) is 24.5 Å². The Hall–Kier alpha value is -4.01. The zero-order valence-corrected chi connectivity index (χ0v) is 21.8. The van der Waals surface area contributed by atoms with Crippen LogP contribution in [0, 0.1) is 6.92 Å². The van der Waals surface area contributed by atoms with E-state index < -0.39 is 5.41 Å². The van der Waals surface area contributed by atoms with E-state index in [-0.39, 0.29) is 18.0 Å². The molecule has 0 unspecified atom stereocenters. The van der Waals surface area contributed by atoms with Gasteiger partial charge in [0.15, 0.2) is 0 Å². The number of rotatable bonds is 2. The van der Waals surface area contributed by atoms with Gasteiger partial charge in [-0.15, -0.1) is 0 Å². The van der Waals surface area contributed by atoms with Crippen molar-refractivity contribution in [1.82, 2.24) is 24.8 Å². The highest BCUT2D eigenvalue weighted by molar-refractivity contribution is 6.06. The summed E-state index contributed by atoms with van der Waals surface area (Å²) in [6, 6.07) is 3.77. The fourth-order valence-corrected chi connectivity index (χ4v) is 6.80. The number of carbonyl (C=O) groups is 2. The van der Waals surface area contributed by atoms with E-state index >= 15 is 0 Å². The summed E-state index contributed by atoms with van der Waals surface area (Å²) in [5.41, 5.74) is 8.68. The lowest BCUT2D eigenvalue weighted by atomic mass is 9.74. The highest BCUT2D eigenvalue weighted by Crippen LogP contribution is 2.44. The van der Waals surface area contributed by atoms with Crippen LogP contribution in [0.3, 0.4) is 0 Å². The van der Waals surface area contributed by atoms with E-state index in [9.17, 15) is 9.59 Å². The van der Waals surface area contributed by atoms with Crippen LogP contribution in [-0.4, -0.2) is 50.7 Å². The second-order valence-electron chi connectivity index (χ2n) is 10.9. The molecular formula is C29H31N7O2. The average molecular weight is 510 g/mol.